The minimum Gasteiger partial charge on any atom is -0.507 e. The molecule has 7 nitrogen and oxygen atoms in total. The second-order valence-corrected chi connectivity index (χ2v) is 11.3. The van der Waals surface area contributed by atoms with Crippen molar-refractivity contribution < 1.29 is 29.6 Å². The fourth-order valence-corrected chi connectivity index (χ4v) is 6.51. The number of amides is 2. The lowest BCUT2D eigenvalue weighted by atomic mass is 9.68. The summed E-state index contributed by atoms with van der Waals surface area (Å²) < 4.78 is 6.10. The fourth-order valence-electron chi connectivity index (χ4n) is 6.51. The van der Waals surface area contributed by atoms with Crippen LogP contribution in [0.4, 0.5) is 5.69 Å². The summed E-state index contributed by atoms with van der Waals surface area (Å²) in [7, 11) is 0. The molecule has 3 aromatic carbocycles. The van der Waals surface area contributed by atoms with Crippen LogP contribution in [0.3, 0.4) is 0 Å². The smallest absolute Gasteiger partial charge is 0.238 e. The Morgan fingerprint density at radius 1 is 0.953 bits per heavy atom. The Morgan fingerprint density at radius 3 is 2.30 bits per heavy atom. The lowest BCUT2D eigenvalue weighted by Crippen LogP contribution is -2.40. The molecule has 2 amide bonds. The molecule has 0 spiro atoms. The SMILES string of the molecule is CCC/C(=C\c1ccccc1O)CC[C@@H](O)C1=C(COc2ccccc2)C[C@H]2C(=O)N(c3ccccc3)C(=O)[C@H]2[C@H]1CO. The van der Waals surface area contributed by atoms with Gasteiger partial charge in [-0.15, -0.1) is 0 Å². The Balaban J connectivity index is 1.45. The van der Waals surface area contributed by atoms with Gasteiger partial charge in [-0.2, -0.15) is 0 Å². The summed E-state index contributed by atoms with van der Waals surface area (Å²) in [6.45, 7) is 1.85. The summed E-state index contributed by atoms with van der Waals surface area (Å²) in [6.07, 6.45) is 3.92. The van der Waals surface area contributed by atoms with E-state index < -0.39 is 23.9 Å². The van der Waals surface area contributed by atoms with Crippen molar-refractivity contribution >= 4 is 23.6 Å². The molecule has 1 aliphatic carbocycles. The highest BCUT2D eigenvalue weighted by atomic mass is 16.5. The summed E-state index contributed by atoms with van der Waals surface area (Å²) in [5.41, 5.74) is 3.65. The quantitative estimate of drug-likeness (QED) is 0.181. The van der Waals surface area contributed by atoms with E-state index in [2.05, 4.69) is 6.92 Å². The molecule has 2 aliphatic rings. The predicted molar refractivity (Wildman–Crippen MR) is 166 cm³/mol. The third-order valence-corrected chi connectivity index (χ3v) is 8.52. The van der Waals surface area contributed by atoms with Crippen LogP contribution in [0.1, 0.15) is 44.6 Å². The number of anilines is 1. The van der Waals surface area contributed by atoms with Crippen molar-refractivity contribution in [2.24, 2.45) is 17.8 Å². The molecule has 1 fully saturated rings. The molecule has 3 N–H and O–H groups in total. The van der Waals surface area contributed by atoms with E-state index in [4.69, 9.17) is 4.74 Å². The number of phenols is 1. The maximum Gasteiger partial charge on any atom is 0.238 e. The van der Waals surface area contributed by atoms with Crippen LogP contribution in [0.25, 0.3) is 6.08 Å². The van der Waals surface area contributed by atoms with Gasteiger partial charge in [-0.25, -0.2) is 0 Å². The largest absolute Gasteiger partial charge is 0.507 e. The van der Waals surface area contributed by atoms with E-state index in [1.807, 2.05) is 54.6 Å². The van der Waals surface area contributed by atoms with Crippen LogP contribution in [0.5, 0.6) is 11.5 Å². The van der Waals surface area contributed by atoms with Gasteiger partial charge in [0.15, 0.2) is 0 Å². The molecule has 1 aliphatic heterocycles. The lowest BCUT2D eigenvalue weighted by Gasteiger charge is -2.36. The number of aromatic hydroxyl groups is 1. The highest BCUT2D eigenvalue weighted by molar-refractivity contribution is 6.22. The van der Waals surface area contributed by atoms with Crippen LogP contribution in [0.2, 0.25) is 0 Å². The molecular weight excluding hydrogens is 542 g/mol. The molecule has 0 aromatic heterocycles. The van der Waals surface area contributed by atoms with Crippen LogP contribution < -0.4 is 9.64 Å². The van der Waals surface area contributed by atoms with Gasteiger partial charge >= 0.3 is 0 Å². The van der Waals surface area contributed by atoms with E-state index >= 15 is 0 Å². The molecule has 43 heavy (non-hydrogen) atoms. The first-order valence-electron chi connectivity index (χ1n) is 15.0. The number of hydrogen-bond donors (Lipinski definition) is 3. The first kappa shape index (κ1) is 30.3. The Bertz CT molecular complexity index is 1480. The Hall–Kier alpha value is -4.20. The van der Waals surface area contributed by atoms with E-state index in [1.165, 1.54) is 4.90 Å². The molecule has 5 rings (SSSR count). The minimum absolute atomic E-state index is 0.137. The monoisotopic (exact) mass is 581 g/mol. The van der Waals surface area contributed by atoms with Crippen LogP contribution >= 0.6 is 0 Å². The molecule has 0 radical (unpaired) electrons. The molecule has 4 atom stereocenters. The first-order valence-corrected chi connectivity index (χ1v) is 15.0. The number of rotatable bonds is 12. The zero-order valence-electron chi connectivity index (χ0n) is 24.4. The lowest BCUT2D eigenvalue weighted by molar-refractivity contribution is -0.123. The van der Waals surface area contributed by atoms with Crippen LogP contribution in [-0.4, -0.2) is 46.5 Å². The fraction of sp³-hybridized carbons (Fsp3) is 0.333. The average molecular weight is 582 g/mol. The molecule has 3 aromatic rings. The summed E-state index contributed by atoms with van der Waals surface area (Å²) in [5.74, 6) is -1.92. The molecule has 1 saturated heterocycles. The van der Waals surface area contributed by atoms with Gasteiger partial charge in [-0.05, 0) is 67.2 Å². The number of aliphatic hydroxyl groups excluding tert-OH is 2. The Labute approximate surface area is 252 Å². The van der Waals surface area contributed by atoms with Gasteiger partial charge in [0, 0.05) is 11.5 Å². The van der Waals surface area contributed by atoms with Crippen molar-refractivity contribution in [3.05, 3.63) is 107 Å². The maximum atomic E-state index is 13.8. The zero-order valence-corrected chi connectivity index (χ0v) is 24.4. The van der Waals surface area contributed by atoms with Crippen molar-refractivity contribution in [1.82, 2.24) is 0 Å². The predicted octanol–water partition coefficient (Wildman–Crippen LogP) is 5.91. The zero-order chi connectivity index (χ0) is 30.3. The van der Waals surface area contributed by atoms with Gasteiger partial charge in [0.1, 0.15) is 18.1 Å². The third kappa shape index (κ3) is 6.58. The van der Waals surface area contributed by atoms with Crippen molar-refractivity contribution in [3.8, 4) is 11.5 Å². The van der Waals surface area contributed by atoms with Gasteiger partial charge in [0.2, 0.25) is 11.8 Å². The molecule has 0 saturated carbocycles. The average Bonchev–Trinajstić information content (AvgIpc) is 3.28. The molecule has 0 bridgehead atoms. The van der Waals surface area contributed by atoms with Crippen LogP contribution in [0.15, 0.2) is 102 Å². The van der Waals surface area contributed by atoms with E-state index in [-0.39, 0.29) is 37.2 Å². The number of aliphatic hydroxyl groups is 2. The number of ether oxygens (including phenoxy) is 1. The van der Waals surface area contributed by atoms with E-state index in [9.17, 15) is 24.9 Å². The molecule has 1 heterocycles. The minimum atomic E-state index is -0.953. The first-order chi connectivity index (χ1) is 20.9. The number of carbonyl (C=O) groups is 2. The van der Waals surface area contributed by atoms with E-state index in [1.54, 1.807) is 36.4 Å². The molecule has 0 unspecified atom stereocenters. The second-order valence-electron chi connectivity index (χ2n) is 11.3. The topological polar surface area (TPSA) is 107 Å². The molecule has 7 heteroatoms. The number of phenolic OH excluding ortho intramolecular Hbond substituents is 1. The summed E-state index contributed by atoms with van der Waals surface area (Å²) >= 11 is 0. The number of fused-ring (bicyclic) bond motifs is 1. The van der Waals surface area contributed by atoms with Crippen LogP contribution in [-0.2, 0) is 9.59 Å². The molecule has 224 valence electrons. The van der Waals surface area contributed by atoms with Crippen molar-refractivity contribution in [2.75, 3.05) is 18.1 Å². The number of allylic oxidation sites excluding steroid dienone is 1. The standard InChI is InChI=1S/C36H39NO6/c1-2-11-24(20-25-12-9-10-17-31(25)39)18-19-32(40)33-26(23-43-28-15-7-4-8-16-28)21-29-34(30(33)22-38)36(42)37(35(29)41)27-13-5-3-6-14-27/h3-10,12-17,20,29-30,32,34,38-40H,2,11,18-19,21-23H2,1H3/b24-20+/t29-,30+,32-,34-/m1/s1. The number of hydrogen-bond acceptors (Lipinski definition) is 6. The van der Waals surface area contributed by atoms with E-state index in [0.29, 0.717) is 29.9 Å². The normalized spacial score (nSPS) is 21.2. The Morgan fingerprint density at radius 2 is 1.63 bits per heavy atom. The van der Waals surface area contributed by atoms with Gasteiger partial charge in [-0.1, -0.05) is 79.6 Å². The van der Waals surface area contributed by atoms with Crippen molar-refractivity contribution in [3.63, 3.8) is 0 Å². The van der Waals surface area contributed by atoms with Gasteiger partial charge in [0.05, 0.1) is 30.2 Å². The maximum absolute atomic E-state index is 13.8. The van der Waals surface area contributed by atoms with Gasteiger partial charge in [0.25, 0.3) is 0 Å². The molecular formula is C36H39NO6. The highest BCUT2D eigenvalue weighted by Gasteiger charge is 2.55. The van der Waals surface area contributed by atoms with Crippen molar-refractivity contribution in [2.45, 2.75) is 45.1 Å². The highest BCUT2D eigenvalue weighted by Crippen LogP contribution is 2.47. The van der Waals surface area contributed by atoms with Gasteiger partial charge < -0.3 is 20.1 Å². The second kappa shape index (κ2) is 13.8. The number of benzene rings is 3. The summed E-state index contributed by atoms with van der Waals surface area (Å²) in [4.78, 5) is 28.7. The third-order valence-electron chi connectivity index (χ3n) is 8.52. The van der Waals surface area contributed by atoms with Crippen molar-refractivity contribution in [1.29, 1.82) is 0 Å². The van der Waals surface area contributed by atoms with Crippen LogP contribution in [0, 0.1) is 17.8 Å². The number of imide groups is 1. The van der Waals surface area contributed by atoms with Gasteiger partial charge in [-0.3, -0.25) is 14.5 Å². The summed E-state index contributed by atoms with van der Waals surface area (Å²) in [5, 5.41) is 32.7. The number of nitrogens with zero attached hydrogens (tertiary/aromatic N) is 1. The van der Waals surface area contributed by atoms with E-state index in [0.717, 1.165) is 29.6 Å². The number of para-hydroxylation sites is 3. The summed E-state index contributed by atoms with van der Waals surface area (Å²) in [6, 6.07) is 25.3. The Kier molecular flexibility index (Phi) is 9.75. The number of carbonyl (C=O) groups excluding carboxylic acids is 2.